The highest BCUT2D eigenvalue weighted by molar-refractivity contribution is 4.58. The molecule has 0 saturated carbocycles. The molecule has 0 aliphatic rings. The summed E-state index contributed by atoms with van der Waals surface area (Å²) < 4.78 is 0. The van der Waals surface area contributed by atoms with Crippen LogP contribution in [0, 0.1) is 0 Å². The minimum Gasteiger partial charge on any atom is -0.393 e. The lowest BCUT2D eigenvalue weighted by Gasteiger charge is -2.20. The molecule has 0 aromatic rings. The van der Waals surface area contributed by atoms with Crippen molar-refractivity contribution < 1.29 is 5.11 Å². The Hall–Kier alpha value is -0.120. The van der Waals surface area contributed by atoms with Gasteiger partial charge in [0, 0.05) is 6.04 Å². The average Bonchev–Trinajstić information content (AvgIpc) is 2.15. The summed E-state index contributed by atoms with van der Waals surface area (Å²) in [5.41, 5.74) is 0. The number of nitrogens with zero attached hydrogens (tertiary/aromatic N) is 1. The van der Waals surface area contributed by atoms with Crippen molar-refractivity contribution in [2.75, 3.05) is 26.7 Å². The fourth-order valence-corrected chi connectivity index (χ4v) is 1.31. The van der Waals surface area contributed by atoms with E-state index < -0.39 is 0 Å². The van der Waals surface area contributed by atoms with E-state index in [4.69, 9.17) is 5.11 Å². The summed E-state index contributed by atoms with van der Waals surface area (Å²) in [6, 6.07) is 0.646. The molecule has 0 fully saturated rings. The molecule has 3 nitrogen and oxygen atoms in total. The number of rotatable bonds is 9. The van der Waals surface area contributed by atoms with Crippen LogP contribution in [-0.4, -0.2) is 48.8 Å². The van der Waals surface area contributed by atoms with Gasteiger partial charge >= 0.3 is 0 Å². The standard InChI is InChI=1S/C12H28N2O/c1-11(2)14(4)10-6-5-8-13-9-7-12(3)15/h11-13,15H,5-10H2,1-4H3. The molecule has 0 aliphatic carbocycles. The van der Waals surface area contributed by atoms with Gasteiger partial charge < -0.3 is 15.3 Å². The van der Waals surface area contributed by atoms with Crippen molar-refractivity contribution in [3.8, 4) is 0 Å². The van der Waals surface area contributed by atoms with E-state index in [0.29, 0.717) is 6.04 Å². The molecule has 0 heterocycles. The van der Waals surface area contributed by atoms with Gasteiger partial charge in [-0.3, -0.25) is 0 Å². The first-order valence-electron chi connectivity index (χ1n) is 6.13. The molecule has 0 saturated heterocycles. The molecule has 0 bridgehead atoms. The monoisotopic (exact) mass is 216 g/mol. The van der Waals surface area contributed by atoms with Gasteiger partial charge in [-0.1, -0.05) is 0 Å². The molecular formula is C12H28N2O. The quantitative estimate of drug-likeness (QED) is 0.573. The first kappa shape index (κ1) is 14.9. The zero-order valence-corrected chi connectivity index (χ0v) is 10.8. The third kappa shape index (κ3) is 10.2. The molecule has 1 atom stereocenters. The highest BCUT2D eigenvalue weighted by Gasteiger charge is 2.01. The topological polar surface area (TPSA) is 35.5 Å². The normalized spacial score (nSPS) is 13.8. The molecular weight excluding hydrogens is 188 g/mol. The summed E-state index contributed by atoms with van der Waals surface area (Å²) in [6.07, 6.45) is 3.14. The molecule has 15 heavy (non-hydrogen) atoms. The van der Waals surface area contributed by atoms with E-state index in [9.17, 15) is 0 Å². The Balaban J connectivity index is 3.11. The van der Waals surface area contributed by atoms with Crippen molar-refractivity contribution in [1.82, 2.24) is 10.2 Å². The van der Waals surface area contributed by atoms with Gasteiger partial charge in [-0.25, -0.2) is 0 Å². The molecule has 0 spiro atoms. The first-order chi connectivity index (χ1) is 7.04. The molecule has 2 N–H and O–H groups in total. The third-order valence-corrected chi connectivity index (χ3v) is 2.73. The van der Waals surface area contributed by atoms with Crippen LogP contribution in [0.4, 0.5) is 0 Å². The molecule has 92 valence electrons. The summed E-state index contributed by atoms with van der Waals surface area (Å²) in [6.45, 7) is 9.45. The number of aliphatic hydroxyl groups excluding tert-OH is 1. The van der Waals surface area contributed by atoms with Crippen molar-refractivity contribution in [1.29, 1.82) is 0 Å². The second-order valence-electron chi connectivity index (χ2n) is 4.67. The zero-order chi connectivity index (χ0) is 11.7. The molecule has 1 unspecified atom stereocenters. The second kappa shape index (κ2) is 9.13. The van der Waals surface area contributed by atoms with Crippen LogP contribution in [0.3, 0.4) is 0 Å². The Morgan fingerprint density at radius 2 is 1.80 bits per heavy atom. The highest BCUT2D eigenvalue weighted by atomic mass is 16.3. The van der Waals surface area contributed by atoms with Crippen molar-refractivity contribution >= 4 is 0 Å². The predicted molar refractivity (Wildman–Crippen MR) is 66.2 cm³/mol. The predicted octanol–water partition coefficient (Wildman–Crippen LogP) is 1.47. The van der Waals surface area contributed by atoms with Gasteiger partial charge in [0.05, 0.1) is 6.10 Å². The van der Waals surface area contributed by atoms with Crippen LogP contribution in [0.25, 0.3) is 0 Å². The van der Waals surface area contributed by atoms with Gasteiger partial charge in [-0.2, -0.15) is 0 Å². The summed E-state index contributed by atoms with van der Waals surface area (Å²) in [4.78, 5) is 2.37. The lowest BCUT2D eigenvalue weighted by Crippen LogP contribution is -2.28. The van der Waals surface area contributed by atoms with Gasteiger partial charge in [0.25, 0.3) is 0 Å². The summed E-state index contributed by atoms with van der Waals surface area (Å²) in [5, 5.41) is 12.4. The summed E-state index contributed by atoms with van der Waals surface area (Å²) in [5.74, 6) is 0. The molecule has 3 heteroatoms. The summed E-state index contributed by atoms with van der Waals surface area (Å²) in [7, 11) is 2.17. The average molecular weight is 216 g/mol. The minimum absolute atomic E-state index is 0.176. The Morgan fingerprint density at radius 3 is 2.33 bits per heavy atom. The number of unbranched alkanes of at least 4 members (excludes halogenated alkanes) is 1. The van der Waals surface area contributed by atoms with Crippen LogP contribution in [0.1, 0.15) is 40.0 Å². The Labute approximate surface area is 94.9 Å². The SMILES string of the molecule is CC(O)CCNCCCCN(C)C(C)C. The molecule has 0 radical (unpaired) electrons. The zero-order valence-electron chi connectivity index (χ0n) is 10.8. The largest absolute Gasteiger partial charge is 0.393 e. The third-order valence-electron chi connectivity index (χ3n) is 2.73. The first-order valence-corrected chi connectivity index (χ1v) is 6.13. The number of aliphatic hydroxyl groups is 1. The molecule has 0 aromatic heterocycles. The van der Waals surface area contributed by atoms with E-state index in [1.54, 1.807) is 0 Å². The fourth-order valence-electron chi connectivity index (χ4n) is 1.31. The van der Waals surface area contributed by atoms with Crippen LogP contribution in [-0.2, 0) is 0 Å². The van der Waals surface area contributed by atoms with Crippen molar-refractivity contribution in [3.63, 3.8) is 0 Å². The van der Waals surface area contributed by atoms with E-state index in [0.717, 1.165) is 19.5 Å². The lowest BCUT2D eigenvalue weighted by molar-refractivity contribution is 0.183. The number of hydrogen-bond donors (Lipinski definition) is 2. The Bertz CT molecular complexity index is 138. The van der Waals surface area contributed by atoms with E-state index in [1.165, 1.54) is 19.4 Å². The van der Waals surface area contributed by atoms with E-state index in [2.05, 4.69) is 31.1 Å². The van der Waals surface area contributed by atoms with Gasteiger partial charge in [-0.05, 0) is 66.7 Å². The maximum absolute atomic E-state index is 9.04. The van der Waals surface area contributed by atoms with Crippen molar-refractivity contribution in [3.05, 3.63) is 0 Å². The van der Waals surface area contributed by atoms with Gasteiger partial charge in [0.15, 0.2) is 0 Å². The maximum atomic E-state index is 9.04. The van der Waals surface area contributed by atoms with Crippen LogP contribution in [0.5, 0.6) is 0 Å². The van der Waals surface area contributed by atoms with Crippen molar-refractivity contribution in [2.45, 2.75) is 52.2 Å². The van der Waals surface area contributed by atoms with Crippen molar-refractivity contribution in [2.24, 2.45) is 0 Å². The van der Waals surface area contributed by atoms with Crippen LogP contribution in [0.2, 0.25) is 0 Å². The summed E-state index contributed by atoms with van der Waals surface area (Å²) >= 11 is 0. The molecule has 0 rings (SSSR count). The van der Waals surface area contributed by atoms with E-state index in [-0.39, 0.29) is 6.10 Å². The van der Waals surface area contributed by atoms with Crippen LogP contribution in [0.15, 0.2) is 0 Å². The highest BCUT2D eigenvalue weighted by Crippen LogP contribution is 1.97. The minimum atomic E-state index is -0.176. The Kier molecular flexibility index (Phi) is 9.06. The van der Waals surface area contributed by atoms with Crippen LogP contribution >= 0.6 is 0 Å². The van der Waals surface area contributed by atoms with E-state index >= 15 is 0 Å². The van der Waals surface area contributed by atoms with Crippen LogP contribution < -0.4 is 5.32 Å². The fraction of sp³-hybridized carbons (Fsp3) is 1.00. The molecule has 0 aromatic carbocycles. The lowest BCUT2D eigenvalue weighted by atomic mass is 10.2. The number of hydrogen-bond acceptors (Lipinski definition) is 3. The smallest absolute Gasteiger partial charge is 0.0524 e. The van der Waals surface area contributed by atoms with Gasteiger partial charge in [0.2, 0.25) is 0 Å². The maximum Gasteiger partial charge on any atom is 0.0524 e. The Morgan fingerprint density at radius 1 is 1.13 bits per heavy atom. The molecule has 0 amide bonds. The molecule has 0 aliphatic heterocycles. The van der Waals surface area contributed by atoms with Gasteiger partial charge in [0.1, 0.15) is 0 Å². The van der Waals surface area contributed by atoms with Gasteiger partial charge in [-0.15, -0.1) is 0 Å². The number of nitrogens with one attached hydrogen (secondary N) is 1. The second-order valence-corrected chi connectivity index (χ2v) is 4.67. The van der Waals surface area contributed by atoms with E-state index in [1.807, 2.05) is 6.92 Å².